The minimum atomic E-state index is -3.53. The van der Waals surface area contributed by atoms with Crippen molar-refractivity contribution in [3.63, 3.8) is 0 Å². The monoisotopic (exact) mass is 445 g/mol. The number of rotatable bonds is 7. The predicted molar refractivity (Wildman–Crippen MR) is 107 cm³/mol. The number of amides is 2. The minimum Gasteiger partial charge on any atom is -0.336 e. The summed E-state index contributed by atoms with van der Waals surface area (Å²) in [5.74, 6) is 0. The van der Waals surface area contributed by atoms with Gasteiger partial charge in [0.05, 0.1) is 4.90 Å². The first kappa shape index (κ1) is 21.2. The summed E-state index contributed by atoms with van der Waals surface area (Å²) in [5, 5.41) is 3.01. The quantitative estimate of drug-likeness (QED) is 0.653. The van der Waals surface area contributed by atoms with Gasteiger partial charge in [-0.3, -0.25) is 0 Å². The molecule has 1 aromatic carbocycles. The topological polar surface area (TPSA) is 69.7 Å². The van der Waals surface area contributed by atoms with Crippen LogP contribution in [0.2, 0.25) is 0 Å². The molecule has 0 bridgehead atoms. The van der Waals surface area contributed by atoms with E-state index in [1.54, 1.807) is 29.2 Å². The van der Waals surface area contributed by atoms with Gasteiger partial charge in [0, 0.05) is 36.7 Å². The lowest BCUT2D eigenvalue weighted by Gasteiger charge is -2.34. The van der Waals surface area contributed by atoms with Crippen LogP contribution in [0.4, 0.5) is 4.79 Å². The summed E-state index contributed by atoms with van der Waals surface area (Å²) in [5.41, 5.74) is 0. The molecular weight excluding hydrogens is 418 g/mol. The van der Waals surface area contributed by atoms with Crippen molar-refractivity contribution in [2.45, 2.75) is 50.5 Å². The Morgan fingerprint density at radius 3 is 2.54 bits per heavy atom. The SMILES string of the molecule is CCCCCC(C)NC(=O)N1CCN(S(=O)(=O)c2cccc(Br)c2)CC1. The van der Waals surface area contributed by atoms with Crippen LogP contribution in [0.15, 0.2) is 33.6 Å². The number of urea groups is 1. The second kappa shape index (κ2) is 9.71. The molecule has 0 saturated carbocycles. The number of halogens is 1. The summed E-state index contributed by atoms with van der Waals surface area (Å²) in [6.07, 6.45) is 4.41. The van der Waals surface area contributed by atoms with Gasteiger partial charge in [0.2, 0.25) is 10.0 Å². The van der Waals surface area contributed by atoms with Crippen LogP contribution in [0.1, 0.15) is 39.5 Å². The van der Waals surface area contributed by atoms with Crippen molar-refractivity contribution in [3.05, 3.63) is 28.7 Å². The van der Waals surface area contributed by atoms with E-state index < -0.39 is 10.0 Å². The molecule has 8 heteroatoms. The lowest BCUT2D eigenvalue weighted by atomic mass is 10.1. The van der Waals surface area contributed by atoms with Gasteiger partial charge in [0.15, 0.2) is 0 Å². The highest BCUT2D eigenvalue weighted by Gasteiger charge is 2.30. The van der Waals surface area contributed by atoms with Crippen LogP contribution < -0.4 is 5.32 Å². The van der Waals surface area contributed by atoms with Crippen molar-refractivity contribution < 1.29 is 13.2 Å². The van der Waals surface area contributed by atoms with Crippen molar-refractivity contribution in [2.75, 3.05) is 26.2 Å². The number of nitrogens with one attached hydrogen (secondary N) is 1. The zero-order valence-electron chi connectivity index (χ0n) is 15.4. The molecule has 1 aromatic rings. The van der Waals surface area contributed by atoms with Gasteiger partial charge in [0.25, 0.3) is 0 Å². The fraction of sp³-hybridized carbons (Fsp3) is 0.611. The normalized spacial score (nSPS) is 17.1. The highest BCUT2D eigenvalue weighted by atomic mass is 79.9. The molecule has 1 aliphatic rings. The highest BCUT2D eigenvalue weighted by molar-refractivity contribution is 9.10. The summed E-state index contributed by atoms with van der Waals surface area (Å²) in [6.45, 7) is 5.60. The summed E-state index contributed by atoms with van der Waals surface area (Å²) in [4.78, 5) is 14.3. The summed E-state index contributed by atoms with van der Waals surface area (Å²) in [7, 11) is -3.53. The van der Waals surface area contributed by atoms with E-state index in [2.05, 4.69) is 28.2 Å². The molecule has 1 heterocycles. The van der Waals surface area contributed by atoms with Crippen LogP contribution in [0.3, 0.4) is 0 Å². The van der Waals surface area contributed by atoms with Crippen LogP contribution in [0.5, 0.6) is 0 Å². The van der Waals surface area contributed by atoms with Crippen LogP contribution in [0.25, 0.3) is 0 Å². The molecule has 0 radical (unpaired) electrons. The number of nitrogens with zero attached hydrogens (tertiary/aromatic N) is 2. The predicted octanol–water partition coefficient (Wildman–Crippen LogP) is 3.43. The Morgan fingerprint density at radius 2 is 1.92 bits per heavy atom. The fourth-order valence-electron chi connectivity index (χ4n) is 2.98. The Balaban J connectivity index is 1.87. The van der Waals surface area contributed by atoms with Crippen LogP contribution >= 0.6 is 15.9 Å². The lowest BCUT2D eigenvalue weighted by molar-refractivity contribution is 0.169. The van der Waals surface area contributed by atoms with Gasteiger partial charge >= 0.3 is 6.03 Å². The van der Waals surface area contributed by atoms with Crippen molar-refractivity contribution in [1.29, 1.82) is 0 Å². The Labute approximate surface area is 165 Å². The molecule has 26 heavy (non-hydrogen) atoms. The molecule has 1 unspecified atom stereocenters. The Kier molecular flexibility index (Phi) is 7.91. The van der Waals surface area contributed by atoms with Crippen molar-refractivity contribution in [3.8, 4) is 0 Å². The smallest absolute Gasteiger partial charge is 0.317 e. The average molecular weight is 446 g/mol. The highest BCUT2D eigenvalue weighted by Crippen LogP contribution is 2.21. The number of piperazine rings is 1. The van der Waals surface area contributed by atoms with E-state index in [1.165, 1.54) is 10.7 Å². The van der Waals surface area contributed by atoms with E-state index in [9.17, 15) is 13.2 Å². The minimum absolute atomic E-state index is 0.103. The standard InChI is InChI=1S/C18H28BrN3O3S/c1-3-4-5-7-15(2)20-18(23)21-10-12-22(13-11-21)26(24,25)17-9-6-8-16(19)14-17/h6,8-9,14-15H,3-5,7,10-13H2,1-2H3,(H,20,23). The van der Waals surface area contributed by atoms with Crippen LogP contribution in [-0.2, 0) is 10.0 Å². The first-order valence-electron chi connectivity index (χ1n) is 9.15. The summed E-state index contributed by atoms with van der Waals surface area (Å²) < 4.78 is 27.6. The molecular formula is C18H28BrN3O3S. The number of carbonyl (C=O) groups excluding carboxylic acids is 1. The zero-order valence-corrected chi connectivity index (χ0v) is 17.9. The Hall–Kier alpha value is -1.12. The third-order valence-corrected chi connectivity index (χ3v) is 6.96. The zero-order chi connectivity index (χ0) is 19.2. The average Bonchev–Trinajstić information content (AvgIpc) is 2.62. The first-order valence-corrected chi connectivity index (χ1v) is 11.4. The lowest BCUT2D eigenvalue weighted by Crippen LogP contribution is -2.54. The van der Waals surface area contributed by atoms with Gasteiger partial charge in [-0.05, 0) is 31.5 Å². The van der Waals surface area contributed by atoms with E-state index in [0.717, 1.165) is 23.7 Å². The van der Waals surface area contributed by atoms with Gasteiger partial charge in [-0.25, -0.2) is 13.2 Å². The molecule has 2 amide bonds. The molecule has 1 N–H and O–H groups in total. The molecule has 2 rings (SSSR count). The maximum atomic E-state index is 12.7. The fourth-order valence-corrected chi connectivity index (χ4v) is 5.00. The molecule has 1 aliphatic heterocycles. The number of sulfonamides is 1. The van der Waals surface area contributed by atoms with E-state index >= 15 is 0 Å². The first-order chi connectivity index (χ1) is 12.3. The second-order valence-corrected chi connectivity index (χ2v) is 9.55. The number of unbranched alkanes of at least 4 members (excludes halogenated alkanes) is 2. The number of hydrogen-bond donors (Lipinski definition) is 1. The Bertz CT molecular complexity index is 703. The second-order valence-electron chi connectivity index (χ2n) is 6.69. The summed E-state index contributed by atoms with van der Waals surface area (Å²) >= 11 is 3.31. The van der Waals surface area contributed by atoms with E-state index in [4.69, 9.17) is 0 Å². The number of benzene rings is 1. The van der Waals surface area contributed by atoms with Crippen molar-refractivity contribution in [1.82, 2.24) is 14.5 Å². The maximum absolute atomic E-state index is 12.7. The van der Waals surface area contributed by atoms with E-state index in [0.29, 0.717) is 26.2 Å². The molecule has 0 aromatic heterocycles. The van der Waals surface area contributed by atoms with Crippen LogP contribution in [0, 0.1) is 0 Å². The van der Waals surface area contributed by atoms with Crippen molar-refractivity contribution >= 4 is 32.0 Å². The molecule has 1 saturated heterocycles. The molecule has 1 fully saturated rings. The van der Waals surface area contributed by atoms with Gasteiger partial charge in [-0.1, -0.05) is 48.2 Å². The summed E-state index contributed by atoms with van der Waals surface area (Å²) in [6, 6.07) is 6.73. The molecule has 0 spiro atoms. The van der Waals surface area contributed by atoms with Gasteiger partial charge in [-0.2, -0.15) is 4.31 Å². The maximum Gasteiger partial charge on any atom is 0.317 e. The molecule has 6 nitrogen and oxygen atoms in total. The van der Waals surface area contributed by atoms with Gasteiger partial charge in [-0.15, -0.1) is 0 Å². The molecule has 146 valence electrons. The molecule has 0 aliphatic carbocycles. The molecule has 1 atom stereocenters. The van der Waals surface area contributed by atoms with Gasteiger partial charge in [0.1, 0.15) is 0 Å². The van der Waals surface area contributed by atoms with Gasteiger partial charge < -0.3 is 10.2 Å². The van der Waals surface area contributed by atoms with Crippen molar-refractivity contribution in [2.24, 2.45) is 0 Å². The van der Waals surface area contributed by atoms with Crippen LogP contribution in [-0.4, -0.2) is 55.9 Å². The number of hydrogen-bond acceptors (Lipinski definition) is 3. The third-order valence-electron chi connectivity index (χ3n) is 4.57. The van der Waals surface area contributed by atoms with E-state index in [-0.39, 0.29) is 17.0 Å². The Morgan fingerprint density at radius 1 is 1.23 bits per heavy atom. The third kappa shape index (κ3) is 5.69. The number of carbonyl (C=O) groups is 1. The van der Waals surface area contributed by atoms with E-state index in [1.807, 2.05) is 6.92 Å². The largest absolute Gasteiger partial charge is 0.336 e.